The van der Waals surface area contributed by atoms with Gasteiger partial charge in [-0.1, -0.05) is 19.2 Å². The topological polar surface area (TPSA) is 27.7 Å². The normalized spacial score (nSPS) is 13.5. The van der Waals surface area contributed by atoms with Crippen molar-refractivity contribution >= 4 is 16.6 Å². The molecule has 0 saturated heterocycles. The van der Waals surface area contributed by atoms with E-state index in [2.05, 4.69) is 52.4 Å². The van der Waals surface area contributed by atoms with Crippen molar-refractivity contribution < 1.29 is 13.6 Å². The molecular weight excluding hydrogens is 260 g/mol. The minimum Gasteiger partial charge on any atom is -0.544 e. The molecule has 0 atom stereocenters. The predicted molar refractivity (Wildman–Crippen MR) is 82.2 cm³/mol. The van der Waals surface area contributed by atoms with Gasteiger partial charge in [-0.25, -0.2) is 0 Å². The molecule has 0 aromatic rings. The fourth-order valence-corrected chi connectivity index (χ4v) is 2.82. The third-order valence-corrected chi connectivity index (χ3v) is 3.39. The fourth-order valence-electron chi connectivity index (χ4n) is 1.22. The zero-order chi connectivity index (χ0) is 14.6. The molecule has 3 nitrogen and oxygen atoms in total. The van der Waals surface area contributed by atoms with Crippen molar-refractivity contribution in [1.29, 1.82) is 0 Å². The number of hydrogen-bond acceptors (Lipinski definition) is 3. The van der Waals surface area contributed by atoms with Gasteiger partial charge in [0.2, 0.25) is 16.6 Å². The van der Waals surface area contributed by atoms with E-state index in [-0.39, 0.29) is 0 Å². The van der Waals surface area contributed by atoms with Gasteiger partial charge in [-0.15, -0.1) is 0 Å². The Balaban J connectivity index is 5.22. The summed E-state index contributed by atoms with van der Waals surface area (Å²) in [6.07, 6.45) is 1.67. The first-order chi connectivity index (χ1) is 8.00. The van der Waals surface area contributed by atoms with Crippen LogP contribution in [0.3, 0.4) is 0 Å². The Morgan fingerprint density at radius 2 is 1.39 bits per heavy atom. The van der Waals surface area contributed by atoms with Crippen LogP contribution in [0.2, 0.25) is 39.3 Å². The number of ether oxygens (including phenoxy) is 1. The van der Waals surface area contributed by atoms with Gasteiger partial charge in [0.15, 0.2) is 0 Å². The summed E-state index contributed by atoms with van der Waals surface area (Å²) in [6, 6.07) is 0. The van der Waals surface area contributed by atoms with Crippen molar-refractivity contribution in [3.8, 4) is 0 Å². The quantitative estimate of drug-likeness (QED) is 0.398. The van der Waals surface area contributed by atoms with Crippen LogP contribution in [0, 0.1) is 0 Å². The first-order valence-electron chi connectivity index (χ1n) is 5.98. The van der Waals surface area contributed by atoms with Crippen molar-refractivity contribution in [2.24, 2.45) is 0 Å². The standard InChI is InChI=1S/C13H26O3Si2/c1-10-12(11(2)15-17(4,5)6)13(14-3)16-18(7,8)9/h10H,1-2H2,3-9H3/b13-12+. The van der Waals surface area contributed by atoms with E-state index < -0.39 is 16.6 Å². The van der Waals surface area contributed by atoms with Crippen LogP contribution in [0.4, 0.5) is 0 Å². The van der Waals surface area contributed by atoms with E-state index in [0.29, 0.717) is 17.3 Å². The van der Waals surface area contributed by atoms with E-state index in [1.54, 1.807) is 13.2 Å². The summed E-state index contributed by atoms with van der Waals surface area (Å²) in [7, 11) is -1.85. The summed E-state index contributed by atoms with van der Waals surface area (Å²) in [5.74, 6) is 1.02. The molecule has 0 aliphatic rings. The minimum absolute atomic E-state index is 0.451. The SMILES string of the molecule is C=C/C(C(=C)O[Si](C)(C)C)=C(/OC)O[Si](C)(C)C. The molecule has 0 saturated carbocycles. The van der Waals surface area contributed by atoms with Crippen LogP contribution >= 0.6 is 0 Å². The predicted octanol–water partition coefficient (Wildman–Crippen LogP) is 4.25. The van der Waals surface area contributed by atoms with E-state index in [4.69, 9.17) is 13.6 Å². The molecule has 0 aliphatic heterocycles. The maximum atomic E-state index is 5.88. The van der Waals surface area contributed by atoms with Gasteiger partial charge in [-0.3, -0.25) is 0 Å². The summed E-state index contributed by atoms with van der Waals surface area (Å²) in [5.41, 5.74) is 0.697. The average Bonchev–Trinajstić information content (AvgIpc) is 2.12. The number of methoxy groups -OCH3 is 1. The lowest BCUT2D eigenvalue weighted by Crippen LogP contribution is -2.28. The lowest BCUT2D eigenvalue weighted by molar-refractivity contribution is 0.142. The van der Waals surface area contributed by atoms with E-state index in [9.17, 15) is 0 Å². The molecule has 104 valence electrons. The smallest absolute Gasteiger partial charge is 0.276 e. The molecule has 0 fully saturated rings. The second-order valence-corrected chi connectivity index (χ2v) is 14.8. The number of rotatable bonds is 7. The van der Waals surface area contributed by atoms with E-state index in [0.717, 1.165) is 0 Å². The Hall–Kier alpha value is -0.946. The zero-order valence-corrected chi connectivity index (χ0v) is 14.7. The van der Waals surface area contributed by atoms with E-state index in [1.165, 1.54) is 0 Å². The molecule has 0 spiro atoms. The first-order valence-corrected chi connectivity index (χ1v) is 12.8. The van der Waals surface area contributed by atoms with Crippen LogP contribution in [0.5, 0.6) is 0 Å². The Labute approximate surface area is 113 Å². The van der Waals surface area contributed by atoms with Gasteiger partial charge in [0, 0.05) is 0 Å². The van der Waals surface area contributed by atoms with E-state index >= 15 is 0 Å². The van der Waals surface area contributed by atoms with Crippen molar-refractivity contribution in [1.82, 2.24) is 0 Å². The minimum atomic E-state index is -1.74. The van der Waals surface area contributed by atoms with Gasteiger partial charge in [0.1, 0.15) is 5.76 Å². The lowest BCUT2D eigenvalue weighted by Gasteiger charge is -2.25. The molecule has 0 aliphatic carbocycles. The second kappa shape index (κ2) is 6.29. The van der Waals surface area contributed by atoms with Crippen LogP contribution in [-0.2, 0) is 13.6 Å². The molecule has 5 heteroatoms. The summed E-state index contributed by atoms with van der Waals surface area (Å²) >= 11 is 0. The molecule has 0 rings (SSSR count). The third-order valence-electron chi connectivity index (χ3n) is 1.74. The largest absolute Gasteiger partial charge is 0.544 e. The summed E-state index contributed by atoms with van der Waals surface area (Å²) in [5, 5.41) is 0. The summed E-state index contributed by atoms with van der Waals surface area (Å²) in [6.45, 7) is 20.3. The van der Waals surface area contributed by atoms with Crippen molar-refractivity contribution in [2.45, 2.75) is 39.3 Å². The van der Waals surface area contributed by atoms with Crippen molar-refractivity contribution in [3.63, 3.8) is 0 Å². The molecule has 0 N–H and O–H groups in total. The molecule has 0 aromatic heterocycles. The molecular formula is C13H26O3Si2. The molecule has 0 amide bonds. The van der Waals surface area contributed by atoms with Gasteiger partial charge in [-0.2, -0.15) is 0 Å². The highest BCUT2D eigenvalue weighted by Gasteiger charge is 2.24. The molecule has 0 bridgehead atoms. The third kappa shape index (κ3) is 6.71. The summed E-state index contributed by atoms with van der Waals surface area (Å²) < 4.78 is 17.0. The monoisotopic (exact) mass is 286 g/mol. The highest BCUT2D eigenvalue weighted by Crippen LogP contribution is 2.23. The summed E-state index contributed by atoms with van der Waals surface area (Å²) in [4.78, 5) is 0. The Morgan fingerprint density at radius 1 is 0.944 bits per heavy atom. The van der Waals surface area contributed by atoms with Crippen LogP contribution in [0.1, 0.15) is 0 Å². The molecule has 0 radical (unpaired) electrons. The average molecular weight is 287 g/mol. The number of hydrogen-bond donors (Lipinski definition) is 0. The Bertz CT molecular complexity index is 346. The van der Waals surface area contributed by atoms with Crippen LogP contribution in [-0.4, -0.2) is 23.7 Å². The van der Waals surface area contributed by atoms with Gasteiger partial charge >= 0.3 is 0 Å². The zero-order valence-electron chi connectivity index (χ0n) is 12.7. The molecule has 0 aromatic carbocycles. The number of allylic oxidation sites excluding steroid dienone is 1. The molecule has 18 heavy (non-hydrogen) atoms. The highest BCUT2D eigenvalue weighted by molar-refractivity contribution is 6.70. The second-order valence-electron chi connectivity index (χ2n) is 5.96. The van der Waals surface area contributed by atoms with Crippen molar-refractivity contribution in [2.75, 3.05) is 7.11 Å². The van der Waals surface area contributed by atoms with Gasteiger partial charge < -0.3 is 13.6 Å². The fraction of sp³-hybridized carbons (Fsp3) is 0.538. The highest BCUT2D eigenvalue weighted by atomic mass is 28.4. The molecule has 0 unspecified atom stereocenters. The van der Waals surface area contributed by atoms with Gasteiger partial charge in [0.05, 0.1) is 12.7 Å². The van der Waals surface area contributed by atoms with Crippen molar-refractivity contribution in [3.05, 3.63) is 36.5 Å². The maximum absolute atomic E-state index is 5.88. The Kier molecular flexibility index (Phi) is 5.96. The van der Waals surface area contributed by atoms with Crippen LogP contribution in [0.25, 0.3) is 0 Å². The Morgan fingerprint density at radius 3 is 1.67 bits per heavy atom. The van der Waals surface area contributed by atoms with Crippen LogP contribution < -0.4 is 0 Å². The lowest BCUT2D eigenvalue weighted by atomic mass is 10.2. The van der Waals surface area contributed by atoms with Crippen LogP contribution in [0.15, 0.2) is 36.5 Å². The van der Waals surface area contributed by atoms with Gasteiger partial charge in [-0.05, 0) is 39.3 Å². The van der Waals surface area contributed by atoms with Gasteiger partial charge in [0.25, 0.3) is 5.95 Å². The first kappa shape index (κ1) is 17.1. The molecule has 0 heterocycles. The maximum Gasteiger partial charge on any atom is 0.276 e. The van der Waals surface area contributed by atoms with E-state index in [1.807, 2.05) is 0 Å².